The molecule has 9 heteroatoms. The Morgan fingerprint density at radius 1 is 1.28 bits per heavy atom. The minimum Gasteiger partial charge on any atom is -0.463 e. The number of hydrogen-bond acceptors (Lipinski definition) is 6. The Bertz CT molecular complexity index is 862. The number of furan rings is 1. The Balaban J connectivity index is 2.37. The lowest BCUT2D eigenvalue weighted by atomic mass is 10.4. The Labute approximate surface area is 147 Å². The van der Waals surface area contributed by atoms with Crippen LogP contribution in [0.5, 0.6) is 0 Å². The minimum absolute atomic E-state index is 0.0926. The van der Waals surface area contributed by atoms with E-state index in [1.165, 1.54) is 17.5 Å². The zero-order chi connectivity index (χ0) is 18.8. The van der Waals surface area contributed by atoms with Gasteiger partial charge in [0.1, 0.15) is 10.7 Å². The van der Waals surface area contributed by atoms with E-state index in [0.29, 0.717) is 30.2 Å². The summed E-state index contributed by atoms with van der Waals surface area (Å²) in [6, 6.07) is 3.15. The molecule has 2 heterocycles. The van der Waals surface area contributed by atoms with Crippen molar-refractivity contribution < 1.29 is 22.4 Å². The topological polar surface area (TPSA) is 94.6 Å². The van der Waals surface area contributed by atoms with Crippen molar-refractivity contribution >= 4 is 16.0 Å². The van der Waals surface area contributed by atoms with Crippen LogP contribution in [0.2, 0.25) is 0 Å². The van der Waals surface area contributed by atoms with Crippen LogP contribution in [-0.4, -0.2) is 48.7 Å². The minimum atomic E-state index is -3.60. The number of carbonyl (C=O) groups excluding carboxylic acids is 1. The molecule has 0 radical (unpaired) electrons. The van der Waals surface area contributed by atoms with Crippen molar-refractivity contribution in [2.45, 2.75) is 39.1 Å². The summed E-state index contributed by atoms with van der Waals surface area (Å²) in [5, 5.41) is 4.33. The van der Waals surface area contributed by atoms with Crippen molar-refractivity contribution in [1.82, 2.24) is 14.1 Å². The van der Waals surface area contributed by atoms with Gasteiger partial charge in [0.2, 0.25) is 15.8 Å². The Hall–Kier alpha value is -2.13. The van der Waals surface area contributed by atoms with Crippen LogP contribution < -0.4 is 0 Å². The highest BCUT2D eigenvalue weighted by atomic mass is 32.2. The molecule has 0 aliphatic carbocycles. The number of sulfonamides is 1. The molecule has 0 aromatic carbocycles. The van der Waals surface area contributed by atoms with Crippen molar-refractivity contribution in [2.75, 3.05) is 20.2 Å². The van der Waals surface area contributed by atoms with Gasteiger partial charge in [-0.2, -0.15) is 9.40 Å². The van der Waals surface area contributed by atoms with Gasteiger partial charge in [0.05, 0.1) is 25.0 Å². The highest BCUT2D eigenvalue weighted by molar-refractivity contribution is 7.89. The van der Waals surface area contributed by atoms with Crippen LogP contribution >= 0.6 is 0 Å². The van der Waals surface area contributed by atoms with Gasteiger partial charge in [0.15, 0.2) is 0 Å². The number of nitrogens with zero attached hydrogens (tertiary/aromatic N) is 3. The molecule has 0 aliphatic heterocycles. The molecule has 0 atom stereocenters. The quantitative estimate of drug-likeness (QED) is 0.693. The molecule has 2 rings (SSSR count). The van der Waals surface area contributed by atoms with Gasteiger partial charge in [-0.15, -0.1) is 0 Å². The molecule has 0 saturated heterocycles. The third-order valence-electron chi connectivity index (χ3n) is 3.97. The summed E-state index contributed by atoms with van der Waals surface area (Å²) >= 11 is 0. The first-order valence-electron chi connectivity index (χ1n) is 7.97. The van der Waals surface area contributed by atoms with Crippen LogP contribution in [0.15, 0.2) is 21.4 Å². The fourth-order valence-electron chi connectivity index (χ4n) is 2.72. The first-order valence-corrected chi connectivity index (χ1v) is 9.41. The van der Waals surface area contributed by atoms with E-state index >= 15 is 0 Å². The van der Waals surface area contributed by atoms with Crippen LogP contribution in [0.25, 0.3) is 0 Å². The number of aromatic nitrogens is 2. The summed E-state index contributed by atoms with van der Waals surface area (Å²) in [4.78, 5) is 11.7. The molecule has 0 aliphatic rings. The van der Waals surface area contributed by atoms with E-state index in [0.717, 1.165) is 0 Å². The van der Waals surface area contributed by atoms with Crippen molar-refractivity contribution in [3.63, 3.8) is 0 Å². The van der Waals surface area contributed by atoms with Crippen molar-refractivity contribution in [2.24, 2.45) is 0 Å². The first kappa shape index (κ1) is 19.2. The van der Waals surface area contributed by atoms with Gasteiger partial charge in [0, 0.05) is 13.1 Å². The maximum absolute atomic E-state index is 12.8. The number of aryl methyl sites for hydroxylation is 1. The number of esters is 1. The first-order chi connectivity index (χ1) is 11.8. The third kappa shape index (κ3) is 3.62. The normalized spacial score (nSPS) is 11.9. The second-order valence-corrected chi connectivity index (χ2v) is 7.38. The molecule has 25 heavy (non-hydrogen) atoms. The van der Waals surface area contributed by atoms with Crippen LogP contribution in [0, 0.1) is 13.8 Å². The third-order valence-corrected chi connectivity index (χ3v) is 6.28. The second-order valence-electron chi connectivity index (χ2n) is 5.50. The van der Waals surface area contributed by atoms with Crippen molar-refractivity contribution in [3.8, 4) is 0 Å². The number of rotatable bonds is 7. The maximum atomic E-state index is 12.8. The van der Waals surface area contributed by atoms with Crippen LogP contribution in [0.3, 0.4) is 0 Å². The maximum Gasteiger partial charge on any atom is 0.373 e. The number of ether oxygens (including phenoxy) is 1. The van der Waals surface area contributed by atoms with Crippen molar-refractivity contribution in [1.29, 1.82) is 0 Å². The van der Waals surface area contributed by atoms with Gasteiger partial charge in [-0.3, -0.25) is 4.68 Å². The summed E-state index contributed by atoms with van der Waals surface area (Å²) < 4.78 is 38.6. The lowest BCUT2D eigenvalue weighted by molar-refractivity contribution is 0.0562. The molecule has 0 saturated carbocycles. The molecule has 0 unspecified atom stereocenters. The largest absolute Gasteiger partial charge is 0.463 e. The molecule has 2 aromatic rings. The summed E-state index contributed by atoms with van der Waals surface area (Å²) in [5.74, 6) is 0.0113. The Kier molecular flexibility index (Phi) is 5.69. The van der Waals surface area contributed by atoms with E-state index in [9.17, 15) is 13.2 Å². The number of hydrogen-bond donors (Lipinski definition) is 0. The summed E-state index contributed by atoms with van der Waals surface area (Å²) in [5.41, 5.74) is 0.963. The zero-order valence-electron chi connectivity index (χ0n) is 15.1. The SMILES string of the molecule is CCN(CC)S(=O)(=O)c1c(C)nn(Cc2ccc(C(=O)OC)o2)c1C. The number of carbonyl (C=O) groups is 1. The highest BCUT2D eigenvalue weighted by Gasteiger charge is 2.29. The van der Waals surface area contributed by atoms with Gasteiger partial charge in [-0.1, -0.05) is 13.8 Å². The van der Waals surface area contributed by atoms with Gasteiger partial charge in [-0.05, 0) is 26.0 Å². The fourth-order valence-corrected chi connectivity index (χ4v) is 4.55. The van der Waals surface area contributed by atoms with Crippen molar-refractivity contribution in [3.05, 3.63) is 35.0 Å². The summed E-state index contributed by atoms with van der Waals surface area (Å²) in [6.45, 7) is 7.98. The fraction of sp³-hybridized carbons (Fsp3) is 0.500. The van der Waals surface area contributed by atoms with E-state index in [2.05, 4.69) is 9.84 Å². The van der Waals surface area contributed by atoms with Crippen LogP contribution in [0.1, 0.15) is 41.6 Å². The lowest BCUT2D eigenvalue weighted by Gasteiger charge is -2.18. The monoisotopic (exact) mass is 369 g/mol. The second kappa shape index (κ2) is 7.40. The van der Waals surface area contributed by atoms with E-state index in [1.807, 2.05) is 0 Å². The number of methoxy groups -OCH3 is 1. The van der Waals surface area contributed by atoms with E-state index in [-0.39, 0.29) is 17.2 Å². The molecule has 0 bridgehead atoms. The van der Waals surface area contributed by atoms with Crippen LogP contribution in [-0.2, 0) is 21.3 Å². The van der Waals surface area contributed by atoms with E-state index < -0.39 is 16.0 Å². The Morgan fingerprint density at radius 2 is 1.92 bits per heavy atom. The average molecular weight is 369 g/mol. The highest BCUT2D eigenvalue weighted by Crippen LogP contribution is 2.24. The molecule has 0 N–H and O–H groups in total. The van der Waals surface area contributed by atoms with Gasteiger partial charge in [0.25, 0.3) is 0 Å². The van der Waals surface area contributed by atoms with Crippen LogP contribution in [0.4, 0.5) is 0 Å². The van der Waals surface area contributed by atoms with Gasteiger partial charge in [-0.25, -0.2) is 13.2 Å². The van der Waals surface area contributed by atoms with Gasteiger partial charge < -0.3 is 9.15 Å². The van der Waals surface area contributed by atoms with Gasteiger partial charge >= 0.3 is 5.97 Å². The summed E-state index contributed by atoms with van der Waals surface area (Å²) in [6.07, 6.45) is 0. The molecule has 0 fully saturated rings. The molecule has 0 spiro atoms. The average Bonchev–Trinajstić information content (AvgIpc) is 3.13. The molecule has 8 nitrogen and oxygen atoms in total. The molecular formula is C16H23N3O5S. The molecule has 138 valence electrons. The predicted octanol–water partition coefficient (Wildman–Crippen LogP) is 1.96. The molecule has 2 aromatic heterocycles. The summed E-state index contributed by atoms with van der Waals surface area (Å²) in [7, 11) is -2.33. The smallest absolute Gasteiger partial charge is 0.373 e. The standard InChI is InChI=1S/C16H23N3O5S/c1-6-18(7-2)25(21,22)15-11(3)17-19(12(15)4)10-13-8-9-14(24-13)16(20)23-5/h8-9H,6-7,10H2,1-5H3. The predicted molar refractivity (Wildman–Crippen MR) is 91.0 cm³/mol. The Morgan fingerprint density at radius 3 is 2.48 bits per heavy atom. The molecular weight excluding hydrogens is 346 g/mol. The zero-order valence-corrected chi connectivity index (χ0v) is 15.9. The molecule has 0 amide bonds. The van der Waals surface area contributed by atoms with E-state index in [4.69, 9.17) is 4.42 Å². The lowest BCUT2D eigenvalue weighted by Crippen LogP contribution is -2.31. The van der Waals surface area contributed by atoms with E-state index in [1.54, 1.807) is 38.4 Å².